The van der Waals surface area contributed by atoms with Gasteiger partial charge < -0.3 is 14.6 Å². The van der Waals surface area contributed by atoms with E-state index in [9.17, 15) is 9.59 Å². The number of nitrogens with zero attached hydrogens (tertiary/aromatic N) is 2. The van der Waals surface area contributed by atoms with E-state index in [1.54, 1.807) is 35.2 Å². The molecule has 0 aromatic heterocycles. The number of hydrogen-bond acceptors (Lipinski definition) is 6. The molecule has 1 aliphatic heterocycles. The van der Waals surface area contributed by atoms with Crippen LogP contribution in [0.4, 0.5) is 5.69 Å². The summed E-state index contributed by atoms with van der Waals surface area (Å²) in [5.74, 6) is -0.136. The first kappa shape index (κ1) is 22.7. The minimum atomic E-state index is -1.01. The van der Waals surface area contributed by atoms with Crippen molar-refractivity contribution in [1.29, 1.82) is 0 Å². The van der Waals surface area contributed by atoms with Gasteiger partial charge in [0.15, 0.2) is 16.7 Å². The number of likely N-dealkylation sites (N-methyl/N-ethyl adjacent to an activating group) is 1. The fraction of sp³-hybridized carbons (Fsp3) is 0.227. The number of carbonyl (C=O) groups excluding carboxylic acids is 1. The lowest BCUT2D eigenvalue weighted by Gasteiger charge is -2.12. The first-order chi connectivity index (χ1) is 14.9. The van der Waals surface area contributed by atoms with E-state index in [2.05, 4.69) is 4.99 Å². The Morgan fingerprint density at radius 1 is 1.23 bits per heavy atom. The van der Waals surface area contributed by atoms with Gasteiger partial charge in [0.2, 0.25) is 0 Å². The number of aromatic carboxylic acids is 1. The second-order valence-corrected chi connectivity index (χ2v) is 7.78. The number of thioether (sulfide) groups is 1. The van der Waals surface area contributed by atoms with Crippen LogP contribution in [0.25, 0.3) is 6.08 Å². The van der Waals surface area contributed by atoms with Crippen molar-refractivity contribution in [3.63, 3.8) is 0 Å². The van der Waals surface area contributed by atoms with Gasteiger partial charge in [0.1, 0.15) is 0 Å². The normalized spacial score (nSPS) is 16.3. The summed E-state index contributed by atoms with van der Waals surface area (Å²) >= 11 is 7.63. The van der Waals surface area contributed by atoms with Crippen molar-refractivity contribution in [1.82, 2.24) is 4.90 Å². The first-order valence-corrected chi connectivity index (χ1v) is 10.7. The van der Waals surface area contributed by atoms with Crippen molar-refractivity contribution in [3.8, 4) is 11.5 Å². The van der Waals surface area contributed by atoms with Gasteiger partial charge in [-0.3, -0.25) is 9.69 Å². The number of hydrogen-bond donors (Lipinski definition) is 1. The van der Waals surface area contributed by atoms with Gasteiger partial charge in [-0.15, -0.1) is 0 Å². The molecule has 31 heavy (non-hydrogen) atoms. The predicted molar refractivity (Wildman–Crippen MR) is 123 cm³/mol. The lowest BCUT2D eigenvalue weighted by molar-refractivity contribution is -0.122. The van der Waals surface area contributed by atoms with Gasteiger partial charge in [0.05, 0.1) is 34.9 Å². The molecule has 2 aromatic carbocycles. The molecule has 2 aromatic rings. The minimum absolute atomic E-state index is 0.172. The number of carbonyl (C=O) groups is 2. The van der Waals surface area contributed by atoms with E-state index in [-0.39, 0.29) is 11.5 Å². The van der Waals surface area contributed by atoms with Crippen LogP contribution in [0.2, 0.25) is 5.02 Å². The lowest BCUT2D eigenvalue weighted by Crippen LogP contribution is -2.28. The van der Waals surface area contributed by atoms with Gasteiger partial charge in [0, 0.05) is 12.6 Å². The Hall–Kier alpha value is -2.97. The second kappa shape index (κ2) is 9.89. The molecule has 0 saturated carbocycles. The van der Waals surface area contributed by atoms with Gasteiger partial charge in [-0.05, 0) is 67.6 Å². The molecule has 0 radical (unpaired) electrons. The topological polar surface area (TPSA) is 88.4 Å². The number of rotatable bonds is 7. The molecule has 0 aliphatic carbocycles. The average molecular weight is 461 g/mol. The highest BCUT2D eigenvalue weighted by Crippen LogP contribution is 2.38. The number of carboxylic acids is 1. The summed E-state index contributed by atoms with van der Waals surface area (Å²) in [6.07, 6.45) is 1.70. The van der Waals surface area contributed by atoms with Crippen LogP contribution in [0.3, 0.4) is 0 Å². The number of ether oxygens (including phenoxy) is 2. The third-order valence-electron chi connectivity index (χ3n) is 4.41. The summed E-state index contributed by atoms with van der Waals surface area (Å²) in [6.45, 7) is 4.64. The maximum absolute atomic E-state index is 12.9. The molecule has 1 aliphatic rings. The maximum atomic E-state index is 12.9. The van der Waals surface area contributed by atoms with Crippen LogP contribution < -0.4 is 9.47 Å². The predicted octanol–water partition coefficient (Wildman–Crippen LogP) is 5.07. The van der Waals surface area contributed by atoms with Crippen LogP contribution in [0, 0.1) is 0 Å². The molecule has 0 bridgehead atoms. The number of benzene rings is 2. The highest BCUT2D eigenvalue weighted by molar-refractivity contribution is 8.18. The van der Waals surface area contributed by atoms with Crippen molar-refractivity contribution in [3.05, 3.63) is 57.5 Å². The monoisotopic (exact) mass is 460 g/mol. The lowest BCUT2D eigenvalue weighted by atomic mass is 10.1. The quantitative estimate of drug-likeness (QED) is 0.580. The summed E-state index contributed by atoms with van der Waals surface area (Å²) in [5.41, 5.74) is 1.35. The molecular formula is C22H21ClN2O5S. The molecule has 1 amide bonds. The molecule has 1 N–H and O–H groups in total. The molecule has 1 fully saturated rings. The Morgan fingerprint density at radius 2 is 1.94 bits per heavy atom. The molecule has 1 saturated heterocycles. The van der Waals surface area contributed by atoms with Crippen molar-refractivity contribution in [2.75, 3.05) is 20.3 Å². The summed E-state index contributed by atoms with van der Waals surface area (Å²) in [7, 11) is 1.54. The van der Waals surface area contributed by atoms with E-state index in [0.29, 0.717) is 51.0 Å². The van der Waals surface area contributed by atoms with Crippen LogP contribution in [-0.2, 0) is 4.79 Å². The summed E-state index contributed by atoms with van der Waals surface area (Å²) in [4.78, 5) is 30.5. The fourth-order valence-corrected chi connectivity index (χ4v) is 4.15. The van der Waals surface area contributed by atoms with Crippen molar-refractivity contribution in [2.45, 2.75) is 13.8 Å². The van der Waals surface area contributed by atoms with Crippen LogP contribution >= 0.6 is 23.4 Å². The summed E-state index contributed by atoms with van der Waals surface area (Å²) < 4.78 is 10.9. The number of amides is 1. The molecule has 0 atom stereocenters. The number of amidine groups is 1. The molecular weight excluding hydrogens is 440 g/mol. The van der Waals surface area contributed by atoms with Crippen molar-refractivity contribution >= 4 is 52.2 Å². The minimum Gasteiger partial charge on any atom is -0.493 e. The highest BCUT2D eigenvalue weighted by atomic mass is 35.5. The Labute approximate surface area is 189 Å². The van der Waals surface area contributed by atoms with Crippen molar-refractivity contribution in [2.24, 2.45) is 4.99 Å². The van der Waals surface area contributed by atoms with Crippen LogP contribution in [0.15, 0.2) is 46.3 Å². The van der Waals surface area contributed by atoms with Crippen LogP contribution in [0.5, 0.6) is 11.5 Å². The maximum Gasteiger partial charge on any atom is 0.335 e. The van der Waals surface area contributed by atoms with E-state index in [0.717, 1.165) is 0 Å². The van der Waals surface area contributed by atoms with Crippen LogP contribution in [0.1, 0.15) is 29.8 Å². The largest absolute Gasteiger partial charge is 0.493 e. The first-order valence-electron chi connectivity index (χ1n) is 9.51. The summed E-state index contributed by atoms with van der Waals surface area (Å²) in [5, 5.41) is 9.97. The van der Waals surface area contributed by atoms with Gasteiger partial charge in [-0.1, -0.05) is 11.6 Å². The SMILES string of the molecule is CCOc1cc(Cl)c(/C=C2\SC(=Nc3ccc(C(=O)O)cc3)N(CC)C2=O)cc1OC. The Bertz CT molecular complexity index is 1070. The Morgan fingerprint density at radius 3 is 2.52 bits per heavy atom. The van der Waals surface area contributed by atoms with Gasteiger partial charge in [0.25, 0.3) is 5.91 Å². The number of halogens is 1. The zero-order valence-corrected chi connectivity index (χ0v) is 18.8. The van der Waals surface area contributed by atoms with E-state index in [1.807, 2.05) is 13.8 Å². The zero-order chi connectivity index (χ0) is 22.5. The Balaban J connectivity index is 1.94. The third-order valence-corrected chi connectivity index (χ3v) is 5.75. The highest BCUT2D eigenvalue weighted by Gasteiger charge is 2.32. The van der Waals surface area contributed by atoms with Crippen LogP contribution in [-0.4, -0.2) is 47.3 Å². The van der Waals surface area contributed by atoms with E-state index < -0.39 is 5.97 Å². The number of methoxy groups -OCH3 is 1. The third kappa shape index (κ3) is 5.03. The van der Waals surface area contributed by atoms with E-state index >= 15 is 0 Å². The molecule has 9 heteroatoms. The molecule has 0 spiro atoms. The second-order valence-electron chi connectivity index (χ2n) is 6.36. The zero-order valence-electron chi connectivity index (χ0n) is 17.2. The summed E-state index contributed by atoms with van der Waals surface area (Å²) in [6, 6.07) is 9.54. The molecule has 3 rings (SSSR count). The standard InChI is InChI=1S/C22H21ClN2O5S/c1-4-25-20(26)19(11-14-10-17(29-3)18(30-5-2)12-16(14)23)31-22(25)24-15-8-6-13(7-9-15)21(27)28/h6-12H,4-5H2,1-3H3,(H,27,28)/b19-11-,24-22?. The molecule has 162 valence electrons. The van der Waals surface area contributed by atoms with Crippen molar-refractivity contribution < 1.29 is 24.2 Å². The smallest absolute Gasteiger partial charge is 0.335 e. The van der Waals surface area contributed by atoms with Gasteiger partial charge in [-0.2, -0.15) is 0 Å². The van der Waals surface area contributed by atoms with E-state index in [1.165, 1.54) is 31.0 Å². The van der Waals surface area contributed by atoms with Gasteiger partial charge >= 0.3 is 5.97 Å². The average Bonchev–Trinajstić information content (AvgIpc) is 3.04. The number of aliphatic imine (C=N–C) groups is 1. The molecule has 7 nitrogen and oxygen atoms in total. The fourth-order valence-electron chi connectivity index (χ4n) is 2.89. The Kier molecular flexibility index (Phi) is 7.25. The molecule has 0 unspecified atom stereocenters. The van der Waals surface area contributed by atoms with E-state index in [4.69, 9.17) is 26.2 Å². The van der Waals surface area contributed by atoms with Gasteiger partial charge in [-0.25, -0.2) is 9.79 Å². The molecule has 1 heterocycles. The number of carboxylic acid groups (broad SMARTS) is 1.